The molecule has 2 heterocycles. The number of carbonyl (C=O) groups excluding carboxylic acids is 1. The van der Waals surface area contributed by atoms with Gasteiger partial charge in [0, 0.05) is 6.54 Å². The topological polar surface area (TPSA) is 88.3 Å². The summed E-state index contributed by atoms with van der Waals surface area (Å²) in [5, 5.41) is 15.9. The Kier molecular flexibility index (Phi) is 4.05. The van der Waals surface area contributed by atoms with Gasteiger partial charge in [0.1, 0.15) is 12.4 Å². The van der Waals surface area contributed by atoms with E-state index in [0.717, 1.165) is 18.4 Å². The Hall–Kier alpha value is -2.77. The summed E-state index contributed by atoms with van der Waals surface area (Å²) in [6.45, 7) is 0.541. The molecule has 1 aromatic carbocycles. The number of hydrogen-bond donors (Lipinski definition) is 1. The molecule has 1 amide bonds. The van der Waals surface area contributed by atoms with Crippen molar-refractivity contribution in [3.8, 4) is 0 Å². The van der Waals surface area contributed by atoms with Crippen molar-refractivity contribution in [3.63, 3.8) is 0 Å². The van der Waals surface area contributed by atoms with Crippen LogP contribution >= 0.6 is 0 Å². The summed E-state index contributed by atoms with van der Waals surface area (Å²) in [6.07, 6.45) is 2.91. The van der Waals surface area contributed by atoms with Gasteiger partial charge in [0.25, 0.3) is 0 Å². The van der Waals surface area contributed by atoms with Gasteiger partial charge in [-0.3, -0.25) is 4.79 Å². The molecule has 3 rings (SSSR count). The molecule has 7 nitrogen and oxygen atoms in total. The van der Waals surface area contributed by atoms with Crippen molar-refractivity contribution in [2.24, 2.45) is 0 Å². The van der Waals surface area contributed by atoms with Crippen LogP contribution in [0.15, 0.2) is 30.5 Å². The van der Waals surface area contributed by atoms with Gasteiger partial charge in [-0.25, -0.2) is 13.9 Å². The van der Waals surface area contributed by atoms with Gasteiger partial charge in [0.15, 0.2) is 5.69 Å². The maximum Gasteiger partial charge on any atom is 0.358 e. The van der Waals surface area contributed by atoms with Crippen molar-refractivity contribution >= 4 is 11.9 Å². The second kappa shape index (κ2) is 6.15. The number of benzene rings is 1. The highest BCUT2D eigenvalue weighted by Crippen LogP contribution is 2.32. The number of nitrogens with zero attached hydrogens (tertiary/aromatic N) is 4. The fraction of sp³-hybridized carbons (Fsp3) is 0.333. The lowest BCUT2D eigenvalue weighted by atomic mass is 10.0. The van der Waals surface area contributed by atoms with E-state index in [1.165, 1.54) is 23.0 Å². The number of carboxylic acids is 1. The van der Waals surface area contributed by atoms with Crippen LogP contribution in [0.3, 0.4) is 0 Å². The lowest BCUT2D eigenvalue weighted by Gasteiger charge is -2.25. The third kappa shape index (κ3) is 3.20. The number of rotatable bonds is 4. The molecule has 8 heteroatoms. The number of carbonyl (C=O) groups is 2. The fourth-order valence-electron chi connectivity index (χ4n) is 2.80. The minimum absolute atomic E-state index is 0.0715. The summed E-state index contributed by atoms with van der Waals surface area (Å²) < 4.78 is 14.3. The zero-order chi connectivity index (χ0) is 16.4. The average Bonchev–Trinajstić information content (AvgIpc) is 3.16. The van der Waals surface area contributed by atoms with E-state index < -0.39 is 5.97 Å². The highest BCUT2D eigenvalue weighted by Gasteiger charge is 2.30. The van der Waals surface area contributed by atoms with E-state index in [2.05, 4.69) is 10.3 Å². The van der Waals surface area contributed by atoms with Crippen LogP contribution in [0.25, 0.3) is 0 Å². The van der Waals surface area contributed by atoms with Crippen LogP contribution in [-0.2, 0) is 11.3 Å². The molecular formula is C15H15FN4O3. The van der Waals surface area contributed by atoms with Crippen molar-refractivity contribution in [1.29, 1.82) is 0 Å². The van der Waals surface area contributed by atoms with E-state index in [0.29, 0.717) is 6.54 Å². The fourth-order valence-corrected chi connectivity index (χ4v) is 2.80. The molecule has 0 bridgehead atoms. The van der Waals surface area contributed by atoms with Crippen LogP contribution in [-0.4, -0.2) is 43.4 Å². The maximum absolute atomic E-state index is 13.0. The highest BCUT2D eigenvalue weighted by atomic mass is 19.1. The van der Waals surface area contributed by atoms with Crippen LogP contribution < -0.4 is 0 Å². The molecule has 1 N–H and O–H groups in total. The van der Waals surface area contributed by atoms with Crippen LogP contribution in [0.1, 0.15) is 34.9 Å². The molecule has 0 radical (unpaired) electrons. The molecule has 0 saturated carbocycles. The summed E-state index contributed by atoms with van der Waals surface area (Å²) in [5.74, 6) is -1.67. The molecule has 1 saturated heterocycles. The average molecular weight is 318 g/mol. The number of hydrogen-bond acceptors (Lipinski definition) is 4. The van der Waals surface area contributed by atoms with Crippen LogP contribution in [0.4, 0.5) is 4.39 Å². The zero-order valence-corrected chi connectivity index (χ0v) is 12.2. The first-order chi connectivity index (χ1) is 11.0. The Balaban J connectivity index is 1.72. The third-order valence-corrected chi connectivity index (χ3v) is 3.88. The summed E-state index contributed by atoms with van der Waals surface area (Å²) >= 11 is 0. The second-order valence-electron chi connectivity index (χ2n) is 5.40. The van der Waals surface area contributed by atoms with Gasteiger partial charge in [-0.05, 0) is 30.5 Å². The third-order valence-electron chi connectivity index (χ3n) is 3.88. The summed E-state index contributed by atoms with van der Waals surface area (Å²) in [4.78, 5) is 25.0. The van der Waals surface area contributed by atoms with Gasteiger partial charge in [0.05, 0.1) is 12.2 Å². The lowest BCUT2D eigenvalue weighted by Crippen LogP contribution is -2.33. The van der Waals surface area contributed by atoms with E-state index in [-0.39, 0.29) is 30.0 Å². The molecule has 1 unspecified atom stereocenters. The molecule has 2 aromatic rings. The van der Waals surface area contributed by atoms with E-state index in [9.17, 15) is 14.0 Å². The summed E-state index contributed by atoms with van der Waals surface area (Å²) in [7, 11) is 0. The molecule has 120 valence electrons. The largest absolute Gasteiger partial charge is 0.476 e. The molecule has 23 heavy (non-hydrogen) atoms. The Morgan fingerprint density at radius 3 is 2.70 bits per heavy atom. The highest BCUT2D eigenvalue weighted by molar-refractivity contribution is 5.84. The smallest absolute Gasteiger partial charge is 0.358 e. The number of aromatic nitrogens is 3. The predicted molar refractivity (Wildman–Crippen MR) is 77.1 cm³/mol. The van der Waals surface area contributed by atoms with E-state index in [1.54, 1.807) is 17.0 Å². The molecule has 1 fully saturated rings. The van der Waals surface area contributed by atoms with E-state index in [1.807, 2.05) is 0 Å². The lowest BCUT2D eigenvalue weighted by molar-refractivity contribution is -0.133. The standard InChI is InChI=1S/C15H15FN4O3/c16-11-5-3-10(4-6-11)13-2-1-7-20(13)14(21)9-19-8-12(15(22)23)17-18-19/h3-6,8,13H,1-2,7,9H2,(H,22,23). The Bertz CT molecular complexity index is 729. The number of likely N-dealkylation sites (tertiary alicyclic amines) is 1. The number of aromatic carboxylic acids is 1. The Morgan fingerprint density at radius 2 is 2.04 bits per heavy atom. The first kappa shape index (κ1) is 15.1. The zero-order valence-electron chi connectivity index (χ0n) is 12.2. The van der Waals surface area contributed by atoms with Crippen molar-refractivity contribution in [2.45, 2.75) is 25.4 Å². The van der Waals surface area contributed by atoms with Crippen LogP contribution in [0.5, 0.6) is 0 Å². The quantitative estimate of drug-likeness (QED) is 0.922. The minimum atomic E-state index is -1.19. The first-order valence-electron chi connectivity index (χ1n) is 7.23. The normalized spacial score (nSPS) is 17.4. The van der Waals surface area contributed by atoms with Gasteiger partial charge in [0.2, 0.25) is 5.91 Å². The monoisotopic (exact) mass is 318 g/mol. The number of amides is 1. The molecular weight excluding hydrogens is 303 g/mol. The molecule has 0 spiro atoms. The second-order valence-corrected chi connectivity index (χ2v) is 5.40. The van der Waals surface area contributed by atoms with E-state index in [4.69, 9.17) is 5.11 Å². The number of carboxylic acid groups (broad SMARTS) is 1. The van der Waals surface area contributed by atoms with Crippen molar-refractivity contribution < 1.29 is 19.1 Å². The van der Waals surface area contributed by atoms with Crippen LogP contribution in [0, 0.1) is 5.82 Å². The molecule has 1 aromatic heterocycles. The van der Waals surface area contributed by atoms with Crippen molar-refractivity contribution in [1.82, 2.24) is 19.9 Å². The van der Waals surface area contributed by atoms with E-state index >= 15 is 0 Å². The molecule has 0 aliphatic carbocycles. The van der Waals surface area contributed by atoms with Gasteiger partial charge in [-0.1, -0.05) is 17.3 Å². The maximum atomic E-state index is 13.0. The van der Waals surface area contributed by atoms with Gasteiger partial charge in [-0.2, -0.15) is 0 Å². The summed E-state index contributed by atoms with van der Waals surface area (Å²) in [5.41, 5.74) is 0.691. The van der Waals surface area contributed by atoms with Crippen molar-refractivity contribution in [2.75, 3.05) is 6.54 Å². The van der Waals surface area contributed by atoms with Crippen LogP contribution in [0.2, 0.25) is 0 Å². The van der Waals surface area contributed by atoms with Gasteiger partial charge in [-0.15, -0.1) is 5.10 Å². The number of halogens is 1. The van der Waals surface area contributed by atoms with Crippen molar-refractivity contribution in [3.05, 3.63) is 47.5 Å². The minimum Gasteiger partial charge on any atom is -0.476 e. The Labute approximate surface area is 131 Å². The molecule has 1 aliphatic heterocycles. The SMILES string of the molecule is O=C(O)c1cn(CC(=O)N2CCCC2c2ccc(F)cc2)nn1. The predicted octanol–water partition coefficient (Wildman–Crippen LogP) is 1.48. The first-order valence-corrected chi connectivity index (χ1v) is 7.23. The van der Waals surface area contributed by atoms with Gasteiger partial charge < -0.3 is 10.0 Å². The molecule has 1 atom stereocenters. The summed E-state index contributed by atoms with van der Waals surface area (Å²) in [6, 6.07) is 6.04. The Morgan fingerprint density at radius 1 is 1.30 bits per heavy atom. The molecule has 1 aliphatic rings. The van der Waals surface area contributed by atoms with Gasteiger partial charge >= 0.3 is 5.97 Å².